The zero-order valence-electron chi connectivity index (χ0n) is 45.7. The van der Waals surface area contributed by atoms with Crippen LogP contribution in [0.3, 0.4) is 0 Å². The Bertz CT molecular complexity index is 2040. The Hall–Kier alpha value is -5.65. The van der Waals surface area contributed by atoms with E-state index < -0.39 is 11.9 Å². The smallest absolute Gasteiger partial charge is 0.336 e. The average Bonchev–Trinajstić information content (AvgIpc) is 3.39. The van der Waals surface area contributed by atoms with E-state index in [4.69, 9.17) is 42.6 Å². The molecule has 0 amide bonds. The number of carbonyl (C=O) groups excluding carboxylic acids is 3. The van der Waals surface area contributed by atoms with Crippen LogP contribution >= 0.6 is 0 Å². The summed E-state index contributed by atoms with van der Waals surface area (Å²) in [6.45, 7) is 17.4. The van der Waals surface area contributed by atoms with E-state index in [1.165, 1.54) is 12.2 Å². The third-order valence-electron chi connectivity index (χ3n) is 12.1. The predicted octanol–water partition coefficient (Wildman–Crippen LogP) is 15.7. The Morgan fingerprint density at radius 1 is 0.397 bits per heavy atom. The molecule has 73 heavy (non-hydrogen) atoms. The number of ether oxygens (including phenoxy) is 9. The van der Waals surface area contributed by atoms with Crippen molar-refractivity contribution in [1.29, 1.82) is 0 Å². The van der Waals surface area contributed by atoms with Gasteiger partial charge in [0.15, 0.2) is 23.0 Å². The summed E-state index contributed by atoms with van der Waals surface area (Å²) in [4.78, 5) is 38.7. The van der Waals surface area contributed by atoms with Crippen molar-refractivity contribution in [2.24, 2.45) is 5.92 Å². The van der Waals surface area contributed by atoms with E-state index in [2.05, 4.69) is 34.6 Å². The van der Waals surface area contributed by atoms with Crippen LogP contribution in [0.25, 0.3) is 12.2 Å². The Kier molecular flexibility index (Phi) is 32.8. The van der Waals surface area contributed by atoms with Gasteiger partial charge in [-0.3, -0.25) is 4.79 Å². The number of esters is 3. The highest BCUT2D eigenvalue weighted by Crippen LogP contribution is 2.43. The van der Waals surface area contributed by atoms with Crippen molar-refractivity contribution < 1.29 is 57.0 Å². The third-order valence-corrected chi connectivity index (χ3v) is 12.1. The summed E-state index contributed by atoms with van der Waals surface area (Å²) in [7, 11) is 0. The van der Waals surface area contributed by atoms with E-state index in [1.54, 1.807) is 48.6 Å². The van der Waals surface area contributed by atoms with E-state index in [0.29, 0.717) is 85.1 Å². The molecule has 3 aromatic rings. The second-order valence-electron chi connectivity index (χ2n) is 18.5. The zero-order valence-corrected chi connectivity index (χ0v) is 45.7. The molecule has 3 aromatic carbocycles. The van der Waals surface area contributed by atoms with Crippen LogP contribution in [0.4, 0.5) is 0 Å². The number of carbonyl (C=O) groups is 3. The molecule has 3 rings (SSSR count). The van der Waals surface area contributed by atoms with Gasteiger partial charge in [0.25, 0.3) is 0 Å². The van der Waals surface area contributed by atoms with Gasteiger partial charge in [0.05, 0.1) is 39.0 Å². The number of hydrogen-bond donors (Lipinski definition) is 0. The lowest BCUT2D eigenvalue weighted by atomic mass is 10.1. The number of rotatable bonds is 42. The fourth-order valence-corrected chi connectivity index (χ4v) is 7.50. The van der Waals surface area contributed by atoms with Crippen molar-refractivity contribution in [3.8, 4) is 46.0 Å². The van der Waals surface area contributed by atoms with Crippen LogP contribution in [0.2, 0.25) is 0 Å². The van der Waals surface area contributed by atoms with E-state index >= 15 is 0 Å². The zero-order chi connectivity index (χ0) is 52.7. The van der Waals surface area contributed by atoms with Crippen LogP contribution in [-0.2, 0) is 19.1 Å². The van der Waals surface area contributed by atoms with Crippen LogP contribution in [-0.4, -0.2) is 64.2 Å². The van der Waals surface area contributed by atoms with Gasteiger partial charge in [-0.2, -0.15) is 0 Å². The summed E-state index contributed by atoms with van der Waals surface area (Å²) in [5.74, 6) is 2.00. The molecule has 0 aliphatic rings. The molecular formula is C61H90O12. The third kappa shape index (κ3) is 25.2. The van der Waals surface area contributed by atoms with Crippen molar-refractivity contribution in [2.75, 3.05) is 46.2 Å². The maximum atomic E-state index is 13.2. The average molecular weight is 1020 g/mol. The molecule has 1 atom stereocenters. The van der Waals surface area contributed by atoms with Gasteiger partial charge in [-0.05, 0) is 99.2 Å². The first-order chi connectivity index (χ1) is 35.7. The second kappa shape index (κ2) is 38.9. The first kappa shape index (κ1) is 61.6. The Labute approximate surface area is 438 Å². The first-order valence-electron chi connectivity index (χ1n) is 27.9. The van der Waals surface area contributed by atoms with Gasteiger partial charge in [-0.1, -0.05) is 145 Å². The molecule has 12 nitrogen and oxygen atoms in total. The van der Waals surface area contributed by atoms with Crippen molar-refractivity contribution in [1.82, 2.24) is 0 Å². The first-order valence-corrected chi connectivity index (χ1v) is 27.9. The van der Waals surface area contributed by atoms with E-state index in [1.807, 2.05) is 26.0 Å². The fourth-order valence-electron chi connectivity index (χ4n) is 7.50. The van der Waals surface area contributed by atoms with Crippen LogP contribution in [0, 0.1) is 5.92 Å². The SMILES string of the molecule is CCCCCCOc1ccc(C=CC(=O)Oc2ccc(OC(=O)C=Cc3ccc(OCCOC(=O)C(C)CC)c(OCCCCCC)c3OCCCCCC)cc2)c(OCCCCCC)c1OCCCCCC. The quantitative estimate of drug-likeness (QED) is 0.0231. The van der Waals surface area contributed by atoms with Crippen molar-refractivity contribution >= 4 is 30.1 Å². The maximum Gasteiger partial charge on any atom is 0.336 e. The summed E-state index contributed by atoms with van der Waals surface area (Å²) in [5, 5.41) is 0. The molecule has 0 saturated heterocycles. The molecule has 0 aliphatic heterocycles. The number of benzene rings is 3. The topological polar surface area (TPSA) is 134 Å². The molecule has 0 fully saturated rings. The molecular weight excluding hydrogens is 925 g/mol. The van der Waals surface area contributed by atoms with Gasteiger partial charge in [-0.15, -0.1) is 0 Å². The van der Waals surface area contributed by atoms with E-state index in [9.17, 15) is 14.4 Å². The molecule has 0 bridgehead atoms. The predicted molar refractivity (Wildman–Crippen MR) is 293 cm³/mol. The highest BCUT2D eigenvalue weighted by atomic mass is 16.6. The van der Waals surface area contributed by atoms with Gasteiger partial charge in [0.2, 0.25) is 11.5 Å². The summed E-state index contributed by atoms with van der Waals surface area (Å²) in [6, 6.07) is 13.6. The molecule has 12 heteroatoms. The minimum absolute atomic E-state index is 0.0946. The normalized spacial score (nSPS) is 11.7. The van der Waals surface area contributed by atoms with E-state index in [0.717, 1.165) is 128 Å². The fraction of sp³-hybridized carbons (Fsp3) is 0.590. The van der Waals surface area contributed by atoms with Gasteiger partial charge in [-0.25, -0.2) is 9.59 Å². The van der Waals surface area contributed by atoms with Crippen LogP contribution in [0.15, 0.2) is 60.7 Å². The van der Waals surface area contributed by atoms with Crippen LogP contribution < -0.4 is 37.9 Å². The van der Waals surface area contributed by atoms with Crippen molar-refractivity contribution in [2.45, 2.75) is 183 Å². The summed E-state index contributed by atoms with van der Waals surface area (Å²) in [5.41, 5.74) is 1.29. The minimum Gasteiger partial charge on any atom is -0.490 e. The lowest BCUT2D eigenvalue weighted by Gasteiger charge is -2.19. The van der Waals surface area contributed by atoms with Gasteiger partial charge in [0, 0.05) is 23.3 Å². The summed E-state index contributed by atoms with van der Waals surface area (Å²) < 4.78 is 54.7. The molecule has 0 spiro atoms. The van der Waals surface area contributed by atoms with Gasteiger partial charge >= 0.3 is 17.9 Å². The Morgan fingerprint density at radius 2 is 0.740 bits per heavy atom. The molecule has 0 N–H and O–H groups in total. The van der Waals surface area contributed by atoms with Crippen LogP contribution in [0.5, 0.6) is 46.0 Å². The molecule has 0 heterocycles. The lowest BCUT2D eigenvalue weighted by molar-refractivity contribution is -0.148. The number of unbranched alkanes of at least 4 members (excludes halogenated alkanes) is 15. The molecule has 0 saturated carbocycles. The van der Waals surface area contributed by atoms with Crippen molar-refractivity contribution in [3.63, 3.8) is 0 Å². The Balaban J connectivity index is 1.78. The molecule has 406 valence electrons. The monoisotopic (exact) mass is 1010 g/mol. The molecule has 0 aromatic heterocycles. The van der Waals surface area contributed by atoms with Crippen LogP contribution in [0.1, 0.15) is 194 Å². The minimum atomic E-state index is -0.618. The highest BCUT2D eigenvalue weighted by molar-refractivity contribution is 5.90. The summed E-state index contributed by atoms with van der Waals surface area (Å²) >= 11 is 0. The van der Waals surface area contributed by atoms with Gasteiger partial charge in [0.1, 0.15) is 24.7 Å². The largest absolute Gasteiger partial charge is 0.490 e. The second-order valence-corrected chi connectivity index (χ2v) is 18.5. The highest BCUT2D eigenvalue weighted by Gasteiger charge is 2.20. The maximum absolute atomic E-state index is 13.2. The Morgan fingerprint density at radius 3 is 1.10 bits per heavy atom. The van der Waals surface area contributed by atoms with E-state index in [-0.39, 0.29) is 36.6 Å². The van der Waals surface area contributed by atoms with Crippen molar-refractivity contribution in [3.05, 3.63) is 71.8 Å². The molecule has 0 radical (unpaired) electrons. The standard InChI is InChI=1S/C61H90O12/c1-8-14-19-24-41-65-53-37-29-49(57(67-42-25-20-15-9-2)59(53)69-44-27-22-17-11-4)31-39-55(62)72-51-33-35-52(36-34-51)73-56(63)40-32-50-30-38-54(66-46-47-71-61(64)48(7)13-6)60(70-45-28-23-18-12-5)58(50)68-43-26-21-16-10-3/h29-40,48H,8-28,41-47H2,1-7H3. The number of hydrogen-bond acceptors (Lipinski definition) is 12. The lowest BCUT2D eigenvalue weighted by Crippen LogP contribution is -2.18. The molecule has 1 unspecified atom stereocenters. The molecule has 0 aliphatic carbocycles. The summed E-state index contributed by atoms with van der Waals surface area (Å²) in [6.07, 6.45) is 27.7. The van der Waals surface area contributed by atoms with Gasteiger partial charge < -0.3 is 42.6 Å².